The Hall–Kier alpha value is -2.61. The van der Waals surface area contributed by atoms with Gasteiger partial charge in [-0.15, -0.1) is 11.3 Å². The summed E-state index contributed by atoms with van der Waals surface area (Å²) in [4.78, 5) is 31.1. The molecule has 9 heteroatoms. The van der Waals surface area contributed by atoms with Crippen molar-refractivity contribution in [2.75, 3.05) is 26.0 Å². The summed E-state index contributed by atoms with van der Waals surface area (Å²) in [6, 6.07) is 12.2. The topological polar surface area (TPSA) is 71.5 Å². The number of carbonyl (C=O) groups is 2. The largest absolute Gasteiger partial charge is 0.483 e. The van der Waals surface area contributed by atoms with Crippen LogP contribution in [0.4, 0.5) is 5.13 Å². The first kappa shape index (κ1) is 22.1. The molecule has 1 aromatic heterocycles. The Morgan fingerprint density at radius 3 is 2.63 bits per heavy atom. The summed E-state index contributed by atoms with van der Waals surface area (Å²) < 4.78 is 5.53. The molecule has 0 aliphatic carbocycles. The molecule has 1 N–H and O–H groups in total. The molecule has 1 heterocycles. The van der Waals surface area contributed by atoms with Crippen molar-refractivity contribution in [1.29, 1.82) is 0 Å². The molecule has 0 bridgehead atoms. The SMILES string of the molecule is CN(C)C(=O)COc1ccccc1C(=O)Nc1ncc(Cc2ccc(Cl)c(Cl)c2)s1. The average Bonchev–Trinajstić information content (AvgIpc) is 3.15. The Morgan fingerprint density at radius 2 is 1.90 bits per heavy atom. The van der Waals surface area contributed by atoms with E-state index in [1.54, 1.807) is 50.6 Å². The van der Waals surface area contributed by atoms with E-state index in [-0.39, 0.29) is 18.4 Å². The molecule has 30 heavy (non-hydrogen) atoms. The number of nitrogens with zero attached hydrogens (tertiary/aromatic N) is 2. The van der Waals surface area contributed by atoms with Gasteiger partial charge in [-0.3, -0.25) is 14.9 Å². The van der Waals surface area contributed by atoms with Crippen molar-refractivity contribution in [2.24, 2.45) is 0 Å². The predicted octanol–water partition coefficient (Wildman–Crippen LogP) is 4.76. The fraction of sp³-hybridized carbons (Fsp3) is 0.190. The number of anilines is 1. The van der Waals surface area contributed by atoms with Crippen LogP contribution in [0.25, 0.3) is 0 Å². The van der Waals surface area contributed by atoms with Crippen molar-refractivity contribution >= 4 is 51.5 Å². The van der Waals surface area contributed by atoms with Gasteiger partial charge in [-0.2, -0.15) is 0 Å². The van der Waals surface area contributed by atoms with Gasteiger partial charge in [-0.05, 0) is 29.8 Å². The number of ether oxygens (including phenoxy) is 1. The number of nitrogens with one attached hydrogen (secondary N) is 1. The van der Waals surface area contributed by atoms with E-state index in [4.69, 9.17) is 27.9 Å². The monoisotopic (exact) mass is 463 g/mol. The van der Waals surface area contributed by atoms with Gasteiger partial charge < -0.3 is 9.64 Å². The molecule has 0 aliphatic heterocycles. The minimum atomic E-state index is -0.363. The fourth-order valence-electron chi connectivity index (χ4n) is 2.51. The van der Waals surface area contributed by atoms with Gasteiger partial charge in [0.15, 0.2) is 11.7 Å². The van der Waals surface area contributed by atoms with Crippen LogP contribution in [-0.4, -0.2) is 42.4 Å². The molecule has 0 atom stereocenters. The van der Waals surface area contributed by atoms with E-state index >= 15 is 0 Å². The van der Waals surface area contributed by atoms with Crippen LogP contribution in [-0.2, 0) is 11.2 Å². The predicted molar refractivity (Wildman–Crippen MR) is 120 cm³/mol. The Kier molecular flexibility index (Phi) is 7.31. The molecule has 0 spiro atoms. The second-order valence-corrected chi connectivity index (χ2v) is 8.51. The Balaban J connectivity index is 1.67. The molecule has 0 aliphatic rings. The van der Waals surface area contributed by atoms with Gasteiger partial charge in [0.2, 0.25) is 0 Å². The summed E-state index contributed by atoms with van der Waals surface area (Å²) in [7, 11) is 3.28. The normalized spacial score (nSPS) is 10.5. The minimum absolute atomic E-state index is 0.150. The van der Waals surface area contributed by atoms with Crippen LogP contribution in [0.3, 0.4) is 0 Å². The highest BCUT2D eigenvalue weighted by Gasteiger charge is 2.16. The van der Waals surface area contributed by atoms with Crippen LogP contribution in [0.1, 0.15) is 20.8 Å². The zero-order valence-electron chi connectivity index (χ0n) is 16.3. The smallest absolute Gasteiger partial charge is 0.261 e. The zero-order valence-corrected chi connectivity index (χ0v) is 18.6. The number of hydrogen-bond donors (Lipinski definition) is 1. The standard InChI is InChI=1S/C21H19Cl2N3O3S/c1-26(2)19(27)12-29-18-6-4-3-5-15(18)20(28)25-21-24-11-14(30-21)9-13-7-8-16(22)17(23)10-13/h3-8,10-11H,9,12H2,1-2H3,(H,24,25,28). The van der Waals surface area contributed by atoms with Crippen molar-refractivity contribution < 1.29 is 14.3 Å². The van der Waals surface area contributed by atoms with E-state index in [9.17, 15) is 9.59 Å². The van der Waals surface area contributed by atoms with Gasteiger partial charge in [-0.25, -0.2) is 4.98 Å². The van der Waals surface area contributed by atoms with E-state index in [1.807, 2.05) is 12.1 Å². The first-order valence-electron chi connectivity index (χ1n) is 8.95. The molecular formula is C21H19Cl2N3O3S. The summed E-state index contributed by atoms with van der Waals surface area (Å²) in [5.74, 6) is -0.229. The van der Waals surface area contributed by atoms with E-state index in [0.29, 0.717) is 32.9 Å². The number of benzene rings is 2. The van der Waals surface area contributed by atoms with Gasteiger partial charge in [-0.1, -0.05) is 41.4 Å². The molecule has 0 saturated heterocycles. The lowest BCUT2D eigenvalue weighted by Gasteiger charge is -2.13. The molecule has 0 saturated carbocycles. The van der Waals surface area contributed by atoms with Crippen molar-refractivity contribution in [1.82, 2.24) is 9.88 Å². The van der Waals surface area contributed by atoms with Crippen LogP contribution in [0.2, 0.25) is 10.0 Å². The first-order chi connectivity index (χ1) is 14.3. The second kappa shape index (κ2) is 9.93. The highest BCUT2D eigenvalue weighted by molar-refractivity contribution is 7.15. The summed E-state index contributed by atoms with van der Waals surface area (Å²) in [6.07, 6.45) is 2.33. The van der Waals surface area contributed by atoms with Crippen molar-refractivity contribution in [2.45, 2.75) is 6.42 Å². The van der Waals surface area contributed by atoms with Crippen LogP contribution >= 0.6 is 34.5 Å². The molecule has 0 fully saturated rings. The van der Waals surface area contributed by atoms with Crippen molar-refractivity contribution in [3.8, 4) is 5.75 Å². The van der Waals surface area contributed by atoms with Crippen LogP contribution in [0.15, 0.2) is 48.7 Å². The molecule has 156 valence electrons. The van der Waals surface area contributed by atoms with E-state index in [0.717, 1.165) is 10.4 Å². The number of halogens is 2. The third-order valence-corrected chi connectivity index (χ3v) is 5.77. The van der Waals surface area contributed by atoms with E-state index < -0.39 is 0 Å². The molecule has 2 amide bonds. The van der Waals surface area contributed by atoms with Gasteiger partial charge in [0.1, 0.15) is 5.75 Å². The Bertz CT molecular complexity index is 1070. The molecular weight excluding hydrogens is 445 g/mol. The maximum atomic E-state index is 12.7. The highest BCUT2D eigenvalue weighted by atomic mass is 35.5. The van der Waals surface area contributed by atoms with Crippen molar-refractivity contribution in [3.63, 3.8) is 0 Å². The lowest BCUT2D eigenvalue weighted by Crippen LogP contribution is -2.28. The van der Waals surface area contributed by atoms with Gasteiger partial charge in [0.05, 0.1) is 15.6 Å². The summed E-state index contributed by atoms with van der Waals surface area (Å²) in [6.45, 7) is -0.150. The molecule has 3 aromatic rings. The van der Waals surface area contributed by atoms with Crippen molar-refractivity contribution in [3.05, 3.63) is 74.7 Å². The zero-order chi connectivity index (χ0) is 21.7. The van der Waals surface area contributed by atoms with Crippen LogP contribution in [0, 0.1) is 0 Å². The second-order valence-electron chi connectivity index (χ2n) is 6.58. The number of rotatable bonds is 7. The van der Waals surface area contributed by atoms with Gasteiger partial charge in [0.25, 0.3) is 11.8 Å². The average molecular weight is 464 g/mol. The molecule has 0 radical (unpaired) electrons. The Labute approximate surface area is 188 Å². The Morgan fingerprint density at radius 1 is 1.13 bits per heavy atom. The number of likely N-dealkylation sites (N-methyl/N-ethyl adjacent to an activating group) is 1. The van der Waals surface area contributed by atoms with E-state index in [2.05, 4.69) is 10.3 Å². The number of thiazole rings is 1. The molecule has 2 aromatic carbocycles. The number of hydrogen-bond acceptors (Lipinski definition) is 5. The summed E-state index contributed by atoms with van der Waals surface area (Å²) in [5, 5.41) is 4.25. The number of para-hydroxylation sites is 1. The maximum Gasteiger partial charge on any atom is 0.261 e. The fourth-order valence-corrected chi connectivity index (χ4v) is 3.67. The number of carbonyl (C=O) groups excluding carboxylic acids is 2. The first-order valence-corrected chi connectivity index (χ1v) is 10.5. The number of amides is 2. The minimum Gasteiger partial charge on any atom is -0.483 e. The molecule has 3 rings (SSSR count). The quantitative estimate of drug-likeness (QED) is 0.548. The van der Waals surface area contributed by atoms with Gasteiger partial charge in [0, 0.05) is 31.6 Å². The van der Waals surface area contributed by atoms with Crippen LogP contribution in [0.5, 0.6) is 5.75 Å². The summed E-state index contributed by atoms with van der Waals surface area (Å²) in [5.41, 5.74) is 1.32. The third kappa shape index (κ3) is 5.72. The van der Waals surface area contributed by atoms with Crippen LogP contribution < -0.4 is 10.1 Å². The third-order valence-electron chi connectivity index (χ3n) is 4.12. The lowest BCUT2D eigenvalue weighted by molar-refractivity contribution is -0.130. The maximum absolute atomic E-state index is 12.7. The molecule has 0 unspecified atom stereocenters. The summed E-state index contributed by atoms with van der Waals surface area (Å²) >= 11 is 13.4. The molecule has 6 nitrogen and oxygen atoms in total. The number of aromatic nitrogens is 1. The lowest BCUT2D eigenvalue weighted by atomic mass is 10.1. The van der Waals surface area contributed by atoms with Gasteiger partial charge >= 0.3 is 0 Å². The van der Waals surface area contributed by atoms with E-state index in [1.165, 1.54) is 16.2 Å². The highest BCUT2D eigenvalue weighted by Crippen LogP contribution is 2.27.